The second-order valence-corrected chi connectivity index (χ2v) is 6.74. The molecule has 0 heterocycles. The van der Waals surface area contributed by atoms with E-state index in [1.165, 1.54) is 0 Å². The highest BCUT2D eigenvalue weighted by molar-refractivity contribution is 6.42. The zero-order chi connectivity index (χ0) is 18.4. The van der Waals surface area contributed by atoms with Crippen LogP contribution >= 0.6 is 34.8 Å². The Bertz CT molecular complexity index is 928. The predicted octanol–water partition coefficient (Wildman–Crippen LogP) is 6.67. The molecule has 3 rings (SSSR count). The molecular weight excluding hydrogens is 391 g/mol. The summed E-state index contributed by atoms with van der Waals surface area (Å²) in [4.78, 5) is 0. The lowest BCUT2D eigenvalue weighted by Gasteiger charge is -2.07. The third kappa shape index (κ3) is 5.40. The maximum atomic E-state index is 5.98. The number of halogens is 3. The number of hydrogen-bond acceptors (Lipinski definition) is 3. The molecule has 6 heteroatoms. The van der Waals surface area contributed by atoms with Gasteiger partial charge in [0.25, 0.3) is 0 Å². The van der Waals surface area contributed by atoms with Gasteiger partial charge in [-0.15, -0.1) is 0 Å². The normalized spacial score (nSPS) is 10.9. The van der Waals surface area contributed by atoms with E-state index >= 15 is 0 Å². The Kier molecular flexibility index (Phi) is 6.40. The standard InChI is InChI=1S/C20H15Cl3N2O/c21-16-5-1-4-15(9-16)13-26-18-6-2-3-14(10-18)12-24-25-17-7-8-19(22)20(23)11-17/h1-12,25H,13H2. The highest BCUT2D eigenvalue weighted by Gasteiger charge is 2.00. The second-order valence-electron chi connectivity index (χ2n) is 5.49. The molecule has 1 N–H and O–H groups in total. The van der Waals surface area contributed by atoms with Gasteiger partial charge >= 0.3 is 0 Å². The summed E-state index contributed by atoms with van der Waals surface area (Å²) in [6.07, 6.45) is 1.70. The molecule has 0 aliphatic heterocycles. The molecule has 0 aliphatic rings. The van der Waals surface area contributed by atoms with Crippen LogP contribution < -0.4 is 10.2 Å². The van der Waals surface area contributed by atoms with Crippen molar-refractivity contribution in [2.75, 3.05) is 5.43 Å². The average molecular weight is 406 g/mol. The molecule has 0 unspecified atom stereocenters. The fourth-order valence-corrected chi connectivity index (χ4v) is 2.74. The Morgan fingerprint density at radius 1 is 0.885 bits per heavy atom. The van der Waals surface area contributed by atoms with Crippen molar-refractivity contribution >= 4 is 46.7 Å². The first-order chi connectivity index (χ1) is 12.6. The van der Waals surface area contributed by atoms with E-state index < -0.39 is 0 Å². The number of rotatable bonds is 6. The molecule has 26 heavy (non-hydrogen) atoms. The summed E-state index contributed by atoms with van der Waals surface area (Å²) in [6, 6.07) is 20.5. The van der Waals surface area contributed by atoms with Crippen molar-refractivity contribution in [1.82, 2.24) is 0 Å². The Labute approximate surface area is 167 Å². The van der Waals surface area contributed by atoms with Crippen molar-refractivity contribution in [2.24, 2.45) is 5.10 Å². The lowest BCUT2D eigenvalue weighted by Crippen LogP contribution is -1.96. The molecule has 0 fully saturated rings. The Hall–Kier alpha value is -2.20. The van der Waals surface area contributed by atoms with Crippen LogP contribution in [0.1, 0.15) is 11.1 Å². The van der Waals surface area contributed by atoms with Crippen LogP contribution in [0.5, 0.6) is 5.75 Å². The predicted molar refractivity (Wildman–Crippen MR) is 110 cm³/mol. The van der Waals surface area contributed by atoms with E-state index in [4.69, 9.17) is 39.5 Å². The first kappa shape index (κ1) is 18.6. The summed E-state index contributed by atoms with van der Waals surface area (Å²) in [5.41, 5.74) is 5.59. The van der Waals surface area contributed by atoms with E-state index in [-0.39, 0.29) is 0 Å². The molecule has 132 valence electrons. The number of nitrogens with zero attached hydrogens (tertiary/aromatic N) is 1. The minimum atomic E-state index is 0.447. The Morgan fingerprint density at radius 3 is 2.54 bits per heavy atom. The highest BCUT2D eigenvalue weighted by atomic mass is 35.5. The van der Waals surface area contributed by atoms with Crippen LogP contribution in [-0.4, -0.2) is 6.21 Å². The Balaban J connectivity index is 1.60. The number of hydrogen-bond donors (Lipinski definition) is 1. The summed E-state index contributed by atoms with van der Waals surface area (Å²) >= 11 is 17.9. The van der Waals surface area contributed by atoms with Crippen LogP contribution in [0.25, 0.3) is 0 Å². The van der Waals surface area contributed by atoms with Crippen molar-refractivity contribution in [3.63, 3.8) is 0 Å². The Morgan fingerprint density at radius 2 is 1.73 bits per heavy atom. The number of nitrogens with one attached hydrogen (secondary N) is 1. The van der Waals surface area contributed by atoms with Crippen LogP contribution in [0.15, 0.2) is 71.8 Å². The molecule has 3 aromatic rings. The molecule has 0 saturated carbocycles. The third-order valence-corrected chi connectivity index (χ3v) is 4.45. The van der Waals surface area contributed by atoms with Crippen LogP contribution in [0.2, 0.25) is 15.1 Å². The smallest absolute Gasteiger partial charge is 0.120 e. The monoisotopic (exact) mass is 404 g/mol. The van der Waals surface area contributed by atoms with Gasteiger partial charge in [-0.1, -0.05) is 59.1 Å². The van der Waals surface area contributed by atoms with Gasteiger partial charge in [0.05, 0.1) is 21.9 Å². The van der Waals surface area contributed by atoms with Crippen molar-refractivity contribution < 1.29 is 4.74 Å². The zero-order valence-electron chi connectivity index (χ0n) is 13.6. The fraction of sp³-hybridized carbons (Fsp3) is 0.0500. The molecular formula is C20H15Cl3N2O. The van der Waals surface area contributed by atoms with Gasteiger partial charge in [-0.25, -0.2) is 0 Å². The van der Waals surface area contributed by atoms with Gasteiger partial charge < -0.3 is 4.74 Å². The van der Waals surface area contributed by atoms with Crippen molar-refractivity contribution in [1.29, 1.82) is 0 Å². The first-order valence-corrected chi connectivity index (χ1v) is 8.95. The number of ether oxygens (including phenoxy) is 1. The fourth-order valence-electron chi connectivity index (χ4n) is 2.23. The van der Waals surface area contributed by atoms with Crippen LogP contribution in [0.4, 0.5) is 5.69 Å². The van der Waals surface area contributed by atoms with Gasteiger partial charge in [0.2, 0.25) is 0 Å². The molecule has 0 radical (unpaired) electrons. The van der Waals surface area contributed by atoms with Gasteiger partial charge in [-0.05, 0) is 53.6 Å². The minimum absolute atomic E-state index is 0.447. The number of hydrazone groups is 1. The van der Waals surface area contributed by atoms with E-state index in [1.807, 2.05) is 48.5 Å². The lowest BCUT2D eigenvalue weighted by molar-refractivity contribution is 0.306. The van der Waals surface area contributed by atoms with Gasteiger partial charge in [0.15, 0.2) is 0 Å². The second kappa shape index (κ2) is 8.95. The number of benzene rings is 3. The maximum Gasteiger partial charge on any atom is 0.120 e. The van der Waals surface area contributed by atoms with E-state index in [9.17, 15) is 0 Å². The minimum Gasteiger partial charge on any atom is -0.489 e. The first-order valence-electron chi connectivity index (χ1n) is 7.81. The molecule has 3 nitrogen and oxygen atoms in total. The molecule has 0 bridgehead atoms. The zero-order valence-corrected chi connectivity index (χ0v) is 15.9. The van der Waals surface area contributed by atoms with Crippen LogP contribution in [0, 0.1) is 0 Å². The highest BCUT2D eigenvalue weighted by Crippen LogP contribution is 2.25. The van der Waals surface area contributed by atoms with Crippen LogP contribution in [-0.2, 0) is 6.61 Å². The molecule has 0 amide bonds. The average Bonchev–Trinajstić information content (AvgIpc) is 2.63. The molecule has 0 aliphatic carbocycles. The summed E-state index contributed by atoms with van der Waals surface area (Å²) in [5.74, 6) is 0.753. The van der Waals surface area contributed by atoms with Gasteiger partial charge in [0.1, 0.15) is 12.4 Å². The van der Waals surface area contributed by atoms with E-state index in [0.29, 0.717) is 21.7 Å². The topological polar surface area (TPSA) is 33.6 Å². The van der Waals surface area contributed by atoms with Gasteiger partial charge in [-0.3, -0.25) is 5.43 Å². The molecule has 3 aromatic carbocycles. The summed E-state index contributed by atoms with van der Waals surface area (Å²) in [6.45, 7) is 0.447. The van der Waals surface area contributed by atoms with Crippen molar-refractivity contribution in [3.05, 3.63) is 92.9 Å². The molecule has 0 spiro atoms. The SMILES string of the molecule is Clc1cccc(COc2cccc(C=NNc3ccc(Cl)c(Cl)c3)c2)c1. The summed E-state index contributed by atoms with van der Waals surface area (Å²) < 4.78 is 5.81. The number of anilines is 1. The summed E-state index contributed by atoms with van der Waals surface area (Å²) in [7, 11) is 0. The van der Waals surface area contributed by atoms with Crippen molar-refractivity contribution in [3.8, 4) is 5.75 Å². The molecule has 0 saturated heterocycles. The third-order valence-electron chi connectivity index (χ3n) is 3.48. The van der Waals surface area contributed by atoms with Gasteiger partial charge in [0, 0.05) is 5.02 Å². The maximum absolute atomic E-state index is 5.98. The van der Waals surface area contributed by atoms with Crippen molar-refractivity contribution in [2.45, 2.75) is 6.61 Å². The molecule has 0 aromatic heterocycles. The summed E-state index contributed by atoms with van der Waals surface area (Å²) in [5, 5.41) is 5.88. The van der Waals surface area contributed by atoms with E-state index in [1.54, 1.807) is 24.4 Å². The van der Waals surface area contributed by atoms with Gasteiger partial charge in [-0.2, -0.15) is 5.10 Å². The lowest BCUT2D eigenvalue weighted by atomic mass is 10.2. The van der Waals surface area contributed by atoms with Crippen LogP contribution in [0.3, 0.4) is 0 Å². The molecule has 0 atom stereocenters. The van der Waals surface area contributed by atoms with E-state index in [0.717, 1.165) is 22.6 Å². The van der Waals surface area contributed by atoms with E-state index in [2.05, 4.69) is 10.5 Å². The quantitative estimate of drug-likeness (QED) is 0.367. The largest absolute Gasteiger partial charge is 0.489 e.